The van der Waals surface area contributed by atoms with Gasteiger partial charge in [0.2, 0.25) is 5.91 Å². The highest BCUT2D eigenvalue weighted by Crippen LogP contribution is 2.40. The van der Waals surface area contributed by atoms with Crippen LogP contribution in [0.4, 0.5) is 5.82 Å². The first kappa shape index (κ1) is 22.5. The Hall–Kier alpha value is -4.31. The lowest BCUT2D eigenvalue weighted by atomic mass is 9.85. The van der Waals surface area contributed by atoms with Crippen molar-refractivity contribution in [3.05, 3.63) is 83.0 Å². The Bertz CT molecular complexity index is 1420. The number of nitriles is 1. The summed E-state index contributed by atoms with van der Waals surface area (Å²) in [5, 5.41) is 12.2. The second-order valence-corrected chi connectivity index (χ2v) is 9.34. The van der Waals surface area contributed by atoms with E-state index in [-0.39, 0.29) is 17.7 Å². The molecule has 0 bridgehead atoms. The second kappa shape index (κ2) is 8.80. The molecule has 1 aromatic heterocycles. The summed E-state index contributed by atoms with van der Waals surface area (Å²) in [4.78, 5) is 33.0. The lowest BCUT2D eigenvalue weighted by Crippen LogP contribution is -2.20. The number of hydrogen-bond donors (Lipinski definition) is 1. The van der Waals surface area contributed by atoms with E-state index in [2.05, 4.69) is 21.4 Å². The molecule has 2 amide bonds. The summed E-state index contributed by atoms with van der Waals surface area (Å²) in [6, 6.07) is 18.9. The van der Waals surface area contributed by atoms with E-state index >= 15 is 0 Å². The van der Waals surface area contributed by atoms with Gasteiger partial charge in [-0.15, -0.1) is 0 Å². The third kappa shape index (κ3) is 4.69. The first-order valence-corrected chi connectivity index (χ1v) is 11.5. The van der Waals surface area contributed by atoms with Crippen molar-refractivity contribution >= 4 is 23.3 Å². The first-order valence-electron chi connectivity index (χ1n) is 11.5. The van der Waals surface area contributed by atoms with Crippen LogP contribution in [0, 0.1) is 11.3 Å². The van der Waals surface area contributed by atoms with Crippen LogP contribution in [0.1, 0.15) is 59.7 Å². The largest absolute Gasteiger partial charge is 0.457 e. The van der Waals surface area contributed by atoms with Gasteiger partial charge in [0.05, 0.1) is 11.5 Å². The molecule has 7 nitrogen and oxygen atoms in total. The average Bonchev–Trinajstić information content (AvgIpc) is 3.63. The van der Waals surface area contributed by atoms with E-state index in [0.29, 0.717) is 35.7 Å². The van der Waals surface area contributed by atoms with Crippen molar-refractivity contribution < 1.29 is 14.3 Å². The summed E-state index contributed by atoms with van der Waals surface area (Å²) >= 11 is 0. The minimum Gasteiger partial charge on any atom is -0.457 e. The van der Waals surface area contributed by atoms with Gasteiger partial charge in [-0.2, -0.15) is 5.26 Å². The van der Waals surface area contributed by atoms with E-state index in [4.69, 9.17) is 4.74 Å². The maximum atomic E-state index is 12.8. The van der Waals surface area contributed by atoms with Crippen LogP contribution in [0.5, 0.6) is 11.5 Å². The van der Waals surface area contributed by atoms with E-state index in [1.807, 2.05) is 44.2 Å². The Labute approximate surface area is 203 Å². The molecule has 3 aromatic rings. The number of benzene rings is 2. The average molecular weight is 465 g/mol. The van der Waals surface area contributed by atoms with Crippen molar-refractivity contribution in [2.24, 2.45) is 4.99 Å². The molecular weight excluding hydrogens is 440 g/mol. The Morgan fingerprint density at radius 1 is 1.17 bits per heavy atom. The molecule has 35 heavy (non-hydrogen) atoms. The van der Waals surface area contributed by atoms with Gasteiger partial charge < -0.3 is 10.1 Å². The van der Waals surface area contributed by atoms with Crippen molar-refractivity contribution in [3.63, 3.8) is 0 Å². The highest BCUT2D eigenvalue weighted by Gasteiger charge is 2.35. The topological polar surface area (TPSA) is 104 Å². The number of amides is 2. The monoisotopic (exact) mass is 464 g/mol. The van der Waals surface area contributed by atoms with Crippen molar-refractivity contribution in [3.8, 4) is 17.6 Å². The summed E-state index contributed by atoms with van der Waals surface area (Å²) in [5.41, 5.74) is 3.35. The standard InChI is InChI=1S/C28H24N4O3/c1-28(2,16-29)19-7-3-6-18(13-19)27(34)31-23-15-22(23)17-5-4-8-20(14-17)35-24-11-12-30-26-21(24)9-10-25(33)32-26/h3-8,11-14,22H,9-10,15H2,1-2H3,(H,30,32,33)/t22-/m0/s1. The molecule has 0 spiro atoms. The SMILES string of the molecule is CC(C)(C#N)c1cccc(C(=O)N=C2C[C@H]2c2cccc(Oc3ccnc4c3CCC(=O)N4)c2)c1. The van der Waals surface area contributed by atoms with Gasteiger partial charge in [-0.1, -0.05) is 24.3 Å². The van der Waals surface area contributed by atoms with Crippen LogP contribution in [0.15, 0.2) is 65.8 Å². The zero-order valence-corrected chi connectivity index (χ0v) is 19.5. The van der Waals surface area contributed by atoms with Gasteiger partial charge in [0.15, 0.2) is 0 Å². The van der Waals surface area contributed by atoms with E-state index in [1.165, 1.54) is 0 Å². The van der Waals surface area contributed by atoms with Crippen LogP contribution in [0.3, 0.4) is 0 Å². The van der Waals surface area contributed by atoms with Gasteiger partial charge in [-0.3, -0.25) is 9.59 Å². The molecule has 174 valence electrons. The van der Waals surface area contributed by atoms with Gasteiger partial charge in [-0.05, 0) is 68.1 Å². The van der Waals surface area contributed by atoms with Gasteiger partial charge in [0.25, 0.3) is 5.91 Å². The van der Waals surface area contributed by atoms with Gasteiger partial charge in [0.1, 0.15) is 17.3 Å². The van der Waals surface area contributed by atoms with Gasteiger partial charge in [-0.25, -0.2) is 9.98 Å². The number of aliphatic imine (C=N–C) groups is 1. The van der Waals surface area contributed by atoms with Crippen LogP contribution in [0.2, 0.25) is 0 Å². The number of pyridine rings is 1. The number of ether oxygens (including phenoxy) is 1. The fourth-order valence-electron chi connectivity index (χ4n) is 4.16. The van der Waals surface area contributed by atoms with Crippen LogP contribution in [-0.2, 0) is 16.6 Å². The summed E-state index contributed by atoms with van der Waals surface area (Å²) in [5.74, 6) is 1.64. The molecule has 0 saturated heterocycles. The molecule has 0 radical (unpaired) electrons. The normalized spacial score (nSPS) is 17.8. The minimum atomic E-state index is -0.675. The van der Waals surface area contributed by atoms with Gasteiger partial charge >= 0.3 is 0 Å². The first-order chi connectivity index (χ1) is 16.8. The minimum absolute atomic E-state index is 0.0419. The molecule has 5 rings (SSSR count). The van der Waals surface area contributed by atoms with E-state index < -0.39 is 5.41 Å². The number of nitrogens with zero attached hydrogens (tertiary/aromatic N) is 3. The van der Waals surface area contributed by atoms with Crippen LogP contribution >= 0.6 is 0 Å². The molecule has 2 heterocycles. The molecule has 2 aromatic carbocycles. The maximum Gasteiger partial charge on any atom is 0.276 e. The summed E-state index contributed by atoms with van der Waals surface area (Å²) in [7, 11) is 0. The van der Waals surface area contributed by atoms with Gasteiger partial charge in [0, 0.05) is 35.4 Å². The molecule has 2 aliphatic rings. The van der Waals surface area contributed by atoms with Crippen molar-refractivity contribution in [2.45, 2.75) is 44.4 Å². The lowest BCUT2D eigenvalue weighted by molar-refractivity contribution is -0.116. The predicted octanol–water partition coefficient (Wildman–Crippen LogP) is 5.33. The molecular formula is C28H24N4O3. The Kier molecular flexibility index (Phi) is 5.65. The molecule has 1 saturated carbocycles. The summed E-state index contributed by atoms with van der Waals surface area (Å²) in [6.07, 6.45) is 3.32. The Morgan fingerprint density at radius 3 is 2.83 bits per heavy atom. The zero-order valence-electron chi connectivity index (χ0n) is 19.5. The summed E-state index contributed by atoms with van der Waals surface area (Å²) in [6.45, 7) is 3.65. The quantitative estimate of drug-likeness (QED) is 0.550. The number of fused-ring (bicyclic) bond motifs is 1. The van der Waals surface area contributed by atoms with Crippen LogP contribution in [0.25, 0.3) is 0 Å². The lowest BCUT2D eigenvalue weighted by Gasteiger charge is -2.19. The maximum absolute atomic E-state index is 12.8. The number of carbonyl (C=O) groups excluding carboxylic acids is 2. The number of rotatable bonds is 5. The molecule has 0 unspecified atom stereocenters. The number of carbonyl (C=O) groups is 2. The van der Waals surface area contributed by atoms with Crippen molar-refractivity contribution in [1.82, 2.24) is 4.98 Å². The number of hydrogen-bond acceptors (Lipinski definition) is 5. The third-order valence-corrected chi connectivity index (χ3v) is 6.37. The highest BCUT2D eigenvalue weighted by molar-refractivity contribution is 6.13. The number of nitrogens with one attached hydrogen (secondary N) is 1. The smallest absolute Gasteiger partial charge is 0.276 e. The van der Waals surface area contributed by atoms with E-state index in [1.54, 1.807) is 30.5 Å². The molecule has 7 heteroatoms. The van der Waals surface area contributed by atoms with Crippen LogP contribution in [-0.4, -0.2) is 22.5 Å². The highest BCUT2D eigenvalue weighted by atomic mass is 16.5. The Morgan fingerprint density at radius 2 is 2.00 bits per heavy atom. The third-order valence-electron chi connectivity index (χ3n) is 6.37. The Balaban J connectivity index is 1.31. The van der Waals surface area contributed by atoms with Crippen molar-refractivity contribution in [2.75, 3.05) is 5.32 Å². The molecule has 1 fully saturated rings. The molecule has 1 aliphatic carbocycles. The zero-order chi connectivity index (χ0) is 24.6. The van der Waals surface area contributed by atoms with E-state index in [0.717, 1.165) is 28.8 Å². The fourth-order valence-corrected chi connectivity index (χ4v) is 4.16. The van der Waals surface area contributed by atoms with E-state index in [9.17, 15) is 14.9 Å². The fraction of sp³-hybridized carbons (Fsp3) is 0.250. The molecule has 1 atom stereocenters. The second-order valence-electron chi connectivity index (χ2n) is 9.34. The number of anilines is 1. The van der Waals surface area contributed by atoms with Crippen LogP contribution < -0.4 is 10.1 Å². The predicted molar refractivity (Wildman–Crippen MR) is 132 cm³/mol. The molecule has 1 aliphatic heterocycles. The number of aromatic nitrogens is 1. The summed E-state index contributed by atoms with van der Waals surface area (Å²) < 4.78 is 6.15. The van der Waals surface area contributed by atoms with Crippen molar-refractivity contribution in [1.29, 1.82) is 5.26 Å². The molecule has 1 N–H and O–H groups in total.